The molecule has 13 heavy (non-hydrogen) atoms. The van der Waals surface area contributed by atoms with Crippen molar-refractivity contribution in [1.29, 1.82) is 0 Å². The molecule has 2 heterocycles. The van der Waals surface area contributed by atoms with Gasteiger partial charge in [-0.3, -0.25) is 4.98 Å². The summed E-state index contributed by atoms with van der Waals surface area (Å²) in [5.74, 6) is 0.830. The summed E-state index contributed by atoms with van der Waals surface area (Å²) < 4.78 is 1.72. The van der Waals surface area contributed by atoms with Gasteiger partial charge in [-0.15, -0.1) is 0 Å². The fraction of sp³-hybridized carbons (Fsp3) is 0.111. The molecule has 0 saturated heterocycles. The van der Waals surface area contributed by atoms with Gasteiger partial charge in [0.1, 0.15) is 0 Å². The first-order valence-corrected chi connectivity index (χ1v) is 3.71. The van der Waals surface area contributed by atoms with Gasteiger partial charge in [0, 0.05) is 30.9 Å². The van der Waals surface area contributed by atoms with Crippen molar-refractivity contribution < 1.29 is 18.6 Å². The van der Waals surface area contributed by atoms with Crippen LogP contribution in [-0.2, 0) is 18.6 Å². The van der Waals surface area contributed by atoms with Crippen LogP contribution in [0.4, 0.5) is 0 Å². The minimum atomic E-state index is 0. The van der Waals surface area contributed by atoms with E-state index in [-0.39, 0.29) is 18.6 Å². The van der Waals surface area contributed by atoms with E-state index < -0.39 is 0 Å². The van der Waals surface area contributed by atoms with Crippen LogP contribution in [-0.4, -0.2) is 14.8 Å². The van der Waals surface area contributed by atoms with Crippen molar-refractivity contribution in [3.05, 3.63) is 42.4 Å². The second-order valence-corrected chi connectivity index (χ2v) is 2.48. The first kappa shape index (κ1) is 10.0. The number of hydrogen-bond donors (Lipinski definition) is 0. The van der Waals surface area contributed by atoms with Crippen LogP contribution in [0.3, 0.4) is 0 Å². The molecule has 2 aromatic rings. The number of rotatable bonds is 1. The normalized spacial score (nSPS) is 9.31. The molecule has 2 rings (SSSR count). The van der Waals surface area contributed by atoms with Crippen LogP contribution in [0.2, 0.25) is 0 Å². The Labute approximate surface area is 88.7 Å². The molecule has 0 unspecified atom stereocenters. The molecule has 0 aromatic carbocycles. The van der Waals surface area contributed by atoms with E-state index >= 15 is 0 Å². The standard InChI is InChI=1S/C9H8N3.V/c1-8-4-2-5-9(11-8)12-7-3-6-10-12;/h2-3,5-7H,1H3;/q-1;. The average molecular weight is 209 g/mol. The van der Waals surface area contributed by atoms with Crippen LogP contribution in [0.15, 0.2) is 30.6 Å². The zero-order chi connectivity index (χ0) is 8.39. The number of nitrogens with zero attached hydrogens (tertiary/aromatic N) is 3. The molecule has 0 spiro atoms. The summed E-state index contributed by atoms with van der Waals surface area (Å²) in [5, 5.41) is 4.07. The largest absolute Gasteiger partial charge is 0.274 e. The molecule has 0 fully saturated rings. The molecule has 0 amide bonds. The Morgan fingerprint density at radius 3 is 2.92 bits per heavy atom. The zero-order valence-corrected chi connectivity index (χ0v) is 8.57. The number of pyridine rings is 1. The second-order valence-electron chi connectivity index (χ2n) is 2.48. The number of hydrogen-bond acceptors (Lipinski definition) is 2. The van der Waals surface area contributed by atoms with Crippen molar-refractivity contribution in [2.24, 2.45) is 0 Å². The van der Waals surface area contributed by atoms with Crippen LogP contribution in [0.1, 0.15) is 5.69 Å². The monoisotopic (exact) mass is 209 g/mol. The fourth-order valence-electron chi connectivity index (χ4n) is 1.01. The fourth-order valence-corrected chi connectivity index (χ4v) is 1.01. The van der Waals surface area contributed by atoms with Gasteiger partial charge in [0.2, 0.25) is 0 Å². The molecule has 0 aliphatic heterocycles. The molecule has 0 bridgehead atoms. The van der Waals surface area contributed by atoms with Crippen LogP contribution >= 0.6 is 0 Å². The van der Waals surface area contributed by atoms with E-state index in [9.17, 15) is 0 Å². The molecule has 4 heteroatoms. The smallest absolute Gasteiger partial charge is 0.0715 e. The van der Waals surface area contributed by atoms with E-state index in [1.54, 1.807) is 10.9 Å². The summed E-state index contributed by atoms with van der Waals surface area (Å²) in [6, 6.07) is 8.57. The quantitative estimate of drug-likeness (QED) is 0.664. The van der Waals surface area contributed by atoms with Crippen molar-refractivity contribution in [2.45, 2.75) is 6.92 Å². The molecule has 0 atom stereocenters. The summed E-state index contributed by atoms with van der Waals surface area (Å²) in [7, 11) is 0. The van der Waals surface area contributed by atoms with Gasteiger partial charge in [0.15, 0.2) is 0 Å². The van der Waals surface area contributed by atoms with E-state index in [0.717, 1.165) is 11.5 Å². The van der Waals surface area contributed by atoms with Crippen LogP contribution in [0, 0.1) is 13.0 Å². The molecule has 0 N–H and O–H groups in total. The van der Waals surface area contributed by atoms with Crippen molar-refractivity contribution in [3.8, 4) is 5.82 Å². The van der Waals surface area contributed by atoms with Gasteiger partial charge >= 0.3 is 0 Å². The van der Waals surface area contributed by atoms with Gasteiger partial charge in [0.05, 0.1) is 5.82 Å². The summed E-state index contributed by atoms with van der Waals surface area (Å²) in [5.41, 5.74) is 0.878. The third-order valence-corrected chi connectivity index (χ3v) is 1.55. The molecule has 0 aliphatic carbocycles. The van der Waals surface area contributed by atoms with Crippen LogP contribution in [0.5, 0.6) is 0 Å². The molecule has 2 aromatic heterocycles. The predicted octanol–water partition coefficient (Wildman–Crippen LogP) is 1.37. The SMILES string of the molecule is Cc1[c-]ccc(-n2cccn2)n1.[V]. The first-order valence-electron chi connectivity index (χ1n) is 3.71. The third kappa shape index (κ3) is 2.20. The molecule has 65 valence electrons. The van der Waals surface area contributed by atoms with E-state index in [4.69, 9.17) is 0 Å². The molecule has 1 radical (unpaired) electrons. The van der Waals surface area contributed by atoms with Gasteiger partial charge in [-0.1, -0.05) is 5.69 Å². The van der Waals surface area contributed by atoms with Crippen molar-refractivity contribution in [1.82, 2.24) is 14.8 Å². The Hall–Kier alpha value is -1.06. The zero-order valence-electron chi connectivity index (χ0n) is 7.18. The summed E-state index contributed by atoms with van der Waals surface area (Å²) in [4.78, 5) is 4.26. The van der Waals surface area contributed by atoms with Gasteiger partial charge in [-0.25, -0.2) is 16.8 Å². The minimum absolute atomic E-state index is 0. The van der Waals surface area contributed by atoms with E-state index in [1.807, 2.05) is 31.3 Å². The summed E-state index contributed by atoms with van der Waals surface area (Å²) >= 11 is 0. The Balaban J connectivity index is 0.000000845. The number of aromatic nitrogens is 3. The molecular weight excluding hydrogens is 201 g/mol. The van der Waals surface area contributed by atoms with Gasteiger partial charge in [-0.05, 0) is 13.0 Å². The van der Waals surface area contributed by atoms with Crippen molar-refractivity contribution in [3.63, 3.8) is 0 Å². The second kappa shape index (κ2) is 4.26. The van der Waals surface area contributed by atoms with Gasteiger partial charge in [0.25, 0.3) is 0 Å². The Morgan fingerprint density at radius 2 is 2.31 bits per heavy atom. The Morgan fingerprint density at radius 1 is 1.46 bits per heavy atom. The number of aryl methyl sites for hydroxylation is 1. The van der Waals surface area contributed by atoms with Gasteiger partial charge in [-0.2, -0.15) is 11.2 Å². The van der Waals surface area contributed by atoms with Crippen molar-refractivity contribution in [2.75, 3.05) is 0 Å². The van der Waals surface area contributed by atoms with Crippen molar-refractivity contribution >= 4 is 0 Å². The Kier molecular flexibility index (Phi) is 3.28. The topological polar surface area (TPSA) is 30.7 Å². The summed E-state index contributed by atoms with van der Waals surface area (Å²) in [6.07, 6.45) is 3.59. The average Bonchev–Trinajstić information content (AvgIpc) is 2.56. The van der Waals surface area contributed by atoms with Crippen LogP contribution < -0.4 is 0 Å². The third-order valence-electron chi connectivity index (χ3n) is 1.55. The van der Waals surface area contributed by atoms with E-state index in [0.29, 0.717) is 0 Å². The van der Waals surface area contributed by atoms with E-state index in [2.05, 4.69) is 16.1 Å². The minimum Gasteiger partial charge on any atom is -0.274 e. The Bertz CT molecular complexity index is 370. The molecule has 0 aliphatic rings. The maximum Gasteiger partial charge on any atom is 0.0715 e. The molecular formula is C9H8N3V-. The first-order chi connectivity index (χ1) is 5.86. The maximum atomic E-state index is 4.26. The maximum absolute atomic E-state index is 4.26. The molecule has 0 saturated carbocycles. The summed E-state index contributed by atoms with van der Waals surface area (Å²) in [6.45, 7) is 1.91. The predicted molar refractivity (Wildman–Crippen MR) is 44.9 cm³/mol. The molecule has 3 nitrogen and oxygen atoms in total. The van der Waals surface area contributed by atoms with Crippen LogP contribution in [0.25, 0.3) is 5.82 Å². The van der Waals surface area contributed by atoms with Gasteiger partial charge < -0.3 is 0 Å². The van der Waals surface area contributed by atoms with E-state index in [1.165, 1.54) is 0 Å².